The van der Waals surface area contributed by atoms with Crippen LogP contribution >= 0.6 is 15.9 Å². The van der Waals surface area contributed by atoms with Gasteiger partial charge in [0.05, 0.1) is 5.69 Å². The van der Waals surface area contributed by atoms with Crippen LogP contribution in [-0.2, 0) is 0 Å². The van der Waals surface area contributed by atoms with Crippen molar-refractivity contribution in [1.82, 2.24) is 4.98 Å². The van der Waals surface area contributed by atoms with Gasteiger partial charge in [-0.05, 0) is 35.9 Å². The van der Waals surface area contributed by atoms with Crippen LogP contribution in [0.3, 0.4) is 0 Å². The van der Waals surface area contributed by atoms with Crippen molar-refractivity contribution in [3.8, 4) is 0 Å². The van der Waals surface area contributed by atoms with Crippen LogP contribution in [-0.4, -0.2) is 10.8 Å². The number of allylic oxidation sites excluding steroid dienone is 1. The Bertz CT molecular complexity index is 514. The molecule has 2 aromatic rings. The molecule has 2 rings (SSSR count). The van der Waals surface area contributed by atoms with E-state index < -0.39 is 0 Å². The number of carbonyl (C=O) groups is 1. The van der Waals surface area contributed by atoms with Crippen molar-refractivity contribution in [1.29, 1.82) is 0 Å². The lowest BCUT2D eigenvalue weighted by molar-refractivity contribution is 0.104. The van der Waals surface area contributed by atoms with Crippen LogP contribution in [0.2, 0.25) is 0 Å². The van der Waals surface area contributed by atoms with Gasteiger partial charge in [0.25, 0.3) is 0 Å². The number of hydrogen-bond donors (Lipinski definition) is 1. The topological polar surface area (TPSA) is 32.9 Å². The van der Waals surface area contributed by atoms with E-state index in [2.05, 4.69) is 20.9 Å². The number of aromatic nitrogens is 1. The highest BCUT2D eigenvalue weighted by molar-refractivity contribution is 9.10. The summed E-state index contributed by atoms with van der Waals surface area (Å²) >= 11 is 3.42. The number of nitrogens with one attached hydrogen (secondary N) is 1. The van der Waals surface area contributed by atoms with Gasteiger partial charge < -0.3 is 4.98 Å². The first-order valence-corrected chi connectivity index (χ1v) is 5.67. The molecule has 80 valence electrons. The van der Waals surface area contributed by atoms with Gasteiger partial charge in [-0.1, -0.05) is 34.1 Å². The summed E-state index contributed by atoms with van der Waals surface area (Å²) in [6, 6.07) is 11.3. The Balaban J connectivity index is 2.16. The van der Waals surface area contributed by atoms with Gasteiger partial charge in [-0.3, -0.25) is 4.79 Å². The Kier molecular flexibility index (Phi) is 3.37. The average Bonchev–Trinajstić information content (AvgIpc) is 2.81. The number of halogens is 1. The molecule has 0 spiro atoms. The molecular weight excluding hydrogens is 266 g/mol. The number of aromatic amines is 1. The first kappa shape index (κ1) is 10.9. The molecule has 0 aliphatic heterocycles. The zero-order valence-corrected chi connectivity index (χ0v) is 10.1. The Labute approximate surface area is 102 Å². The molecule has 0 saturated heterocycles. The number of H-pyrrole nitrogens is 1. The molecule has 0 radical (unpaired) electrons. The summed E-state index contributed by atoms with van der Waals surface area (Å²) in [6.45, 7) is 0. The molecule has 0 bridgehead atoms. The number of hydrogen-bond acceptors (Lipinski definition) is 1. The van der Waals surface area contributed by atoms with E-state index in [0.717, 1.165) is 10.0 Å². The fourth-order valence-corrected chi connectivity index (χ4v) is 1.77. The van der Waals surface area contributed by atoms with E-state index in [1.807, 2.05) is 24.3 Å². The third-order valence-corrected chi connectivity index (χ3v) is 2.91. The van der Waals surface area contributed by atoms with E-state index in [1.165, 1.54) is 0 Å². The minimum absolute atomic E-state index is 0.0271. The number of carbonyl (C=O) groups excluding carboxylic acids is 1. The van der Waals surface area contributed by atoms with Gasteiger partial charge in [0.1, 0.15) is 0 Å². The van der Waals surface area contributed by atoms with Crippen LogP contribution < -0.4 is 0 Å². The van der Waals surface area contributed by atoms with E-state index in [9.17, 15) is 4.79 Å². The molecule has 0 aliphatic carbocycles. The van der Waals surface area contributed by atoms with E-state index in [-0.39, 0.29) is 5.78 Å². The fraction of sp³-hybridized carbons (Fsp3) is 0. The van der Waals surface area contributed by atoms with Crippen molar-refractivity contribution in [3.63, 3.8) is 0 Å². The molecular formula is C13H10BrNO. The maximum Gasteiger partial charge on any atom is 0.201 e. The van der Waals surface area contributed by atoms with Gasteiger partial charge in [-0.25, -0.2) is 0 Å². The predicted octanol–water partition coefficient (Wildman–Crippen LogP) is 3.67. The van der Waals surface area contributed by atoms with Gasteiger partial charge >= 0.3 is 0 Å². The molecule has 0 fully saturated rings. The van der Waals surface area contributed by atoms with E-state index in [4.69, 9.17) is 0 Å². The van der Waals surface area contributed by atoms with Crippen LogP contribution in [0.15, 0.2) is 53.1 Å². The molecule has 0 amide bonds. The smallest absolute Gasteiger partial charge is 0.201 e. The lowest BCUT2D eigenvalue weighted by atomic mass is 10.2. The second kappa shape index (κ2) is 4.94. The number of benzene rings is 1. The molecule has 0 unspecified atom stereocenters. The van der Waals surface area contributed by atoms with Gasteiger partial charge in [-0.2, -0.15) is 0 Å². The first-order chi connectivity index (χ1) is 7.77. The van der Waals surface area contributed by atoms with E-state index >= 15 is 0 Å². The largest absolute Gasteiger partial charge is 0.359 e. The fourth-order valence-electron chi connectivity index (χ4n) is 1.35. The predicted molar refractivity (Wildman–Crippen MR) is 68.3 cm³/mol. The molecule has 1 aromatic carbocycles. The summed E-state index contributed by atoms with van der Waals surface area (Å²) in [5.74, 6) is -0.0271. The Hall–Kier alpha value is -1.61. The molecule has 1 N–H and O–H groups in total. The Morgan fingerprint density at radius 2 is 2.00 bits per heavy atom. The van der Waals surface area contributed by atoms with Crippen LogP contribution in [0, 0.1) is 0 Å². The van der Waals surface area contributed by atoms with Crippen LogP contribution in [0.25, 0.3) is 6.08 Å². The summed E-state index contributed by atoms with van der Waals surface area (Å²) in [6.07, 6.45) is 5.10. The summed E-state index contributed by atoms with van der Waals surface area (Å²) in [4.78, 5) is 14.5. The third-order valence-electron chi connectivity index (χ3n) is 2.18. The normalized spacial score (nSPS) is 10.8. The lowest BCUT2D eigenvalue weighted by Crippen LogP contribution is -1.93. The monoisotopic (exact) mass is 275 g/mol. The van der Waals surface area contributed by atoms with Crippen molar-refractivity contribution >= 4 is 27.8 Å². The summed E-state index contributed by atoms with van der Waals surface area (Å²) < 4.78 is 0.977. The summed E-state index contributed by atoms with van der Waals surface area (Å²) in [5.41, 5.74) is 1.59. The highest BCUT2D eigenvalue weighted by Crippen LogP contribution is 2.17. The van der Waals surface area contributed by atoms with Crippen molar-refractivity contribution in [2.75, 3.05) is 0 Å². The van der Waals surface area contributed by atoms with E-state index in [1.54, 1.807) is 30.5 Å². The molecule has 0 atom stereocenters. The number of ketones is 1. The van der Waals surface area contributed by atoms with Crippen molar-refractivity contribution in [2.45, 2.75) is 0 Å². The third kappa shape index (κ3) is 2.49. The van der Waals surface area contributed by atoms with Crippen LogP contribution in [0.5, 0.6) is 0 Å². The first-order valence-electron chi connectivity index (χ1n) is 4.88. The maximum atomic E-state index is 11.7. The summed E-state index contributed by atoms with van der Waals surface area (Å²) in [5, 5.41) is 0. The van der Waals surface area contributed by atoms with Crippen molar-refractivity contribution in [2.24, 2.45) is 0 Å². The zero-order valence-electron chi connectivity index (χ0n) is 8.48. The Morgan fingerprint density at radius 1 is 1.19 bits per heavy atom. The van der Waals surface area contributed by atoms with E-state index in [0.29, 0.717) is 5.69 Å². The van der Waals surface area contributed by atoms with Gasteiger partial charge in [0.15, 0.2) is 0 Å². The SMILES string of the molecule is O=C(/C=C/c1ccccc1Br)c1ccc[nH]1. The van der Waals surface area contributed by atoms with Gasteiger partial charge in [0, 0.05) is 10.7 Å². The second-order valence-electron chi connectivity index (χ2n) is 3.30. The lowest BCUT2D eigenvalue weighted by Gasteiger charge is -1.96. The standard InChI is InChI=1S/C13H10BrNO/c14-11-5-2-1-4-10(11)7-8-13(16)12-6-3-9-15-12/h1-9,15H/b8-7+. The van der Waals surface area contributed by atoms with Crippen LogP contribution in [0.1, 0.15) is 16.1 Å². The molecule has 0 aliphatic rings. The average molecular weight is 276 g/mol. The maximum absolute atomic E-state index is 11.7. The zero-order chi connectivity index (χ0) is 11.4. The Morgan fingerprint density at radius 3 is 2.69 bits per heavy atom. The molecule has 0 saturated carbocycles. The van der Waals surface area contributed by atoms with Crippen molar-refractivity contribution in [3.05, 3.63) is 64.4 Å². The number of rotatable bonds is 3. The molecule has 1 heterocycles. The molecule has 1 aromatic heterocycles. The molecule has 16 heavy (non-hydrogen) atoms. The second-order valence-corrected chi connectivity index (χ2v) is 4.16. The summed E-state index contributed by atoms with van der Waals surface area (Å²) in [7, 11) is 0. The van der Waals surface area contributed by atoms with Gasteiger partial charge in [0.2, 0.25) is 5.78 Å². The van der Waals surface area contributed by atoms with Crippen molar-refractivity contribution < 1.29 is 4.79 Å². The highest BCUT2D eigenvalue weighted by atomic mass is 79.9. The van der Waals surface area contributed by atoms with Crippen LogP contribution in [0.4, 0.5) is 0 Å². The minimum Gasteiger partial charge on any atom is -0.359 e. The highest BCUT2D eigenvalue weighted by Gasteiger charge is 2.01. The molecule has 3 heteroatoms. The quantitative estimate of drug-likeness (QED) is 0.673. The van der Waals surface area contributed by atoms with Gasteiger partial charge in [-0.15, -0.1) is 0 Å². The molecule has 2 nitrogen and oxygen atoms in total. The minimum atomic E-state index is -0.0271.